The van der Waals surface area contributed by atoms with Crippen LogP contribution in [-0.4, -0.2) is 15.2 Å². The van der Waals surface area contributed by atoms with Gasteiger partial charge in [-0.3, -0.25) is 0 Å². The van der Waals surface area contributed by atoms with Gasteiger partial charge < -0.3 is 5.73 Å². The van der Waals surface area contributed by atoms with Gasteiger partial charge in [0.15, 0.2) is 3.92 Å². The van der Waals surface area contributed by atoms with Crippen molar-refractivity contribution in [2.24, 2.45) is 0 Å². The summed E-state index contributed by atoms with van der Waals surface area (Å²) in [6.45, 7) is 0. The molecule has 0 radical (unpaired) electrons. The van der Waals surface area contributed by atoms with Gasteiger partial charge in [0.2, 0.25) is 0 Å². The van der Waals surface area contributed by atoms with Crippen molar-refractivity contribution in [2.45, 2.75) is 0 Å². The van der Waals surface area contributed by atoms with Crippen LogP contribution in [-0.2, 0) is 0 Å². The number of halogens is 1. The molecule has 6 heteroatoms. The zero-order valence-electron chi connectivity index (χ0n) is 6.44. The van der Waals surface area contributed by atoms with Gasteiger partial charge in [0.1, 0.15) is 10.8 Å². The van der Waals surface area contributed by atoms with Gasteiger partial charge in [0, 0.05) is 11.8 Å². The Hall–Kier alpha value is -1.01. The maximum atomic E-state index is 5.46. The molecule has 0 bridgehead atoms. The molecule has 66 valence electrons. The predicted octanol–water partition coefficient (Wildman–Crippen LogP) is 1.94. The number of nitrogen functional groups attached to an aromatic ring is 1. The van der Waals surface area contributed by atoms with Crippen molar-refractivity contribution in [3.63, 3.8) is 0 Å². The van der Waals surface area contributed by atoms with E-state index in [1.54, 1.807) is 12.3 Å². The average molecular weight is 257 g/mol. The van der Waals surface area contributed by atoms with Crippen LogP contribution in [0.4, 0.5) is 5.82 Å². The molecule has 4 nitrogen and oxygen atoms in total. The van der Waals surface area contributed by atoms with E-state index in [1.165, 1.54) is 11.3 Å². The molecule has 0 unspecified atom stereocenters. The summed E-state index contributed by atoms with van der Waals surface area (Å²) in [5.74, 6) is 0.507. The van der Waals surface area contributed by atoms with Gasteiger partial charge in [-0.25, -0.2) is 4.98 Å². The van der Waals surface area contributed by atoms with Crippen LogP contribution in [0, 0.1) is 0 Å². The van der Waals surface area contributed by atoms with E-state index in [2.05, 4.69) is 31.1 Å². The Labute approximate surface area is 87.0 Å². The van der Waals surface area contributed by atoms with Crippen molar-refractivity contribution in [3.8, 4) is 10.6 Å². The van der Waals surface area contributed by atoms with Gasteiger partial charge in [-0.15, -0.1) is 10.2 Å². The summed E-state index contributed by atoms with van der Waals surface area (Å²) in [6, 6.07) is 3.61. The maximum Gasteiger partial charge on any atom is 0.183 e. The summed E-state index contributed by atoms with van der Waals surface area (Å²) in [7, 11) is 0. The predicted molar refractivity (Wildman–Crippen MR) is 55.3 cm³/mol. The third kappa shape index (κ3) is 1.84. The van der Waals surface area contributed by atoms with E-state index in [0.717, 1.165) is 14.5 Å². The maximum absolute atomic E-state index is 5.46. The Morgan fingerprint density at radius 2 is 2.15 bits per heavy atom. The molecule has 0 saturated heterocycles. The summed E-state index contributed by atoms with van der Waals surface area (Å²) in [4.78, 5) is 3.97. The van der Waals surface area contributed by atoms with E-state index in [-0.39, 0.29) is 0 Å². The van der Waals surface area contributed by atoms with Crippen molar-refractivity contribution in [1.29, 1.82) is 0 Å². The third-order valence-electron chi connectivity index (χ3n) is 1.43. The van der Waals surface area contributed by atoms with Crippen LogP contribution < -0.4 is 5.73 Å². The van der Waals surface area contributed by atoms with Crippen molar-refractivity contribution in [3.05, 3.63) is 22.2 Å². The van der Waals surface area contributed by atoms with Crippen molar-refractivity contribution in [1.82, 2.24) is 15.2 Å². The van der Waals surface area contributed by atoms with E-state index < -0.39 is 0 Å². The number of nitrogens with two attached hydrogens (primary N) is 1. The van der Waals surface area contributed by atoms with Crippen LogP contribution in [0.5, 0.6) is 0 Å². The second-order valence-corrected chi connectivity index (χ2v) is 4.59. The summed E-state index contributed by atoms with van der Waals surface area (Å²) in [6.07, 6.45) is 1.68. The lowest BCUT2D eigenvalue weighted by Gasteiger charge is -1.93. The number of pyridine rings is 1. The fourth-order valence-electron chi connectivity index (χ4n) is 0.854. The van der Waals surface area contributed by atoms with Gasteiger partial charge in [0.05, 0.1) is 0 Å². The quantitative estimate of drug-likeness (QED) is 0.847. The molecule has 0 fully saturated rings. The Morgan fingerprint density at radius 1 is 1.31 bits per heavy atom. The van der Waals surface area contributed by atoms with Gasteiger partial charge in [-0.05, 0) is 28.1 Å². The van der Waals surface area contributed by atoms with Crippen LogP contribution in [0.25, 0.3) is 10.6 Å². The number of aromatic nitrogens is 3. The number of nitrogens with zero attached hydrogens (tertiary/aromatic N) is 3. The fourth-order valence-corrected chi connectivity index (χ4v) is 1.95. The monoisotopic (exact) mass is 256 g/mol. The zero-order chi connectivity index (χ0) is 9.26. The lowest BCUT2D eigenvalue weighted by Crippen LogP contribution is -1.88. The molecule has 2 aromatic heterocycles. The number of hydrogen-bond donors (Lipinski definition) is 1. The number of rotatable bonds is 1. The molecule has 0 aromatic carbocycles. The van der Waals surface area contributed by atoms with E-state index in [9.17, 15) is 0 Å². The molecule has 0 spiro atoms. The van der Waals surface area contributed by atoms with E-state index in [0.29, 0.717) is 5.82 Å². The minimum Gasteiger partial charge on any atom is -0.384 e. The molecule has 0 aliphatic heterocycles. The van der Waals surface area contributed by atoms with Crippen LogP contribution in [0.1, 0.15) is 0 Å². The summed E-state index contributed by atoms with van der Waals surface area (Å²) >= 11 is 4.70. The molecule has 2 rings (SSSR count). The largest absolute Gasteiger partial charge is 0.384 e. The number of anilines is 1. The van der Waals surface area contributed by atoms with E-state index in [1.807, 2.05) is 6.07 Å². The molecule has 2 heterocycles. The first-order valence-electron chi connectivity index (χ1n) is 3.46. The highest BCUT2D eigenvalue weighted by Gasteiger charge is 2.03. The minimum atomic E-state index is 0.507. The summed E-state index contributed by atoms with van der Waals surface area (Å²) in [5.41, 5.74) is 6.39. The lowest BCUT2D eigenvalue weighted by atomic mass is 10.3. The van der Waals surface area contributed by atoms with Gasteiger partial charge in [0.25, 0.3) is 0 Å². The zero-order valence-corrected chi connectivity index (χ0v) is 8.84. The molecule has 0 aliphatic carbocycles. The van der Waals surface area contributed by atoms with Crippen LogP contribution >= 0.6 is 27.3 Å². The lowest BCUT2D eigenvalue weighted by molar-refractivity contribution is 1.07. The second-order valence-electron chi connectivity index (χ2n) is 2.33. The highest BCUT2D eigenvalue weighted by atomic mass is 79.9. The molecule has 2 N–H and O–H groups in total. The molecule has 0 amide bonds. The second kappa shape index (κ2) is 3.39. The first-order chi connectivity index (χ1) is 6.25. The third-order valence-corrected chi connectivity index (χ3v) is 2.84. The summed E-state index contributed by atoms with van der Waals surface area (Å²) < 4.78 is 0.763. The highest BCUT2D eigenvalue weighted by Crippen LogP contribution is 2.25. The molecule has 0 aliphatic rings. The first-order valence-corrected chi connectivity index (χ1v) is 5.07. The average Bonchev–Trinajstić information content (AvgIpc) is 2.53. The Bertz CT molecular complexity index is 411. The standard InChI is InChI=1S/C7H5BrN4S/c8-7-12-11-6(13-7)4-1-2-5(9)10-3-4/h1-3H,(H2,9,10). The van der Waals surface area contributed by atoms with Crippen LogP contribution in [0.2, 0.25) is 0 Å². The molecule has 0 saturated carbocycles. The van der Waals surface area contributed by atoms with Gasteiger partial charge in [-0.1, -0.05) is 11.3 Å². The Balaban J connectivity index is 2.41. The molecule has 0 atom stereocenters. The van der Waals surface area contributed by atoms with Gasteiger partial charge in [-0.2, -0.15) is 0 Å². The van der Waals surface area contributed by atoms with E-state index >= 15 is 0 Å². The number of hydrogen-bond acceptors (Lipinski definition) is 5. The smallest absolute Gasteiger partial charge is 0.183 e. The molecular formula is C7H5BrN4S. The molecule has 2 aromatic rings. The summed E-state index contributed by atoms with van der Waals surface area (Å²) in [5, 5.41) is 8.63. The minimum absolute atomic E-state index is 0.507. The molecule has 13 heavy (non-hydrogen) atoms. The van der Waals surface area contributed by atoms with E-state index in [4.69, 9.17) is 5.73 Å². The Morgan fingerprint density at radius 3 is 2.69 bits per heavy atom. The van der Waals surface area contributed by atoms with Crippen molar-refractivity contribution < 1.29 is 0 Å². The normalized spacial score (nSPS) is 10.2. The Kier molecular flexibility index (Phi) is 2.24. The highest BCUT2D eigenvalue weighted by molar-refractivity contribution is 9.11. The van der Waals surface area contributed by atoms with Crippen LogP contribution in [0.15, 0.2) is 22.2 Å². The first kappa shape index (κ1) is 8.58. The van der Waals surface area contributed by atoms with Gasteiger partial charge >= 0.3 is 0 Å². The van der Waals surface area contributed by atoms with Crippen LogP contribution in [0.3, 0.4) is 0 Å². The fraction of sp³-hybridized carbons (Fsp3) is 0. The van der Waals surface area contributed by atoms with Crippen molar-refractivity contribution in [2.75, 3.05) is 5.73 Å². The topological polar surface area (TPSA) is 64.7 Å². The SMILES string of the molecule is Nc1ccc(-c2nnc(Br)s2)cn1. The molecular weight excluding hydrogens is 252 g/mol. The van der Waals surface area contributed by atoms with Crippen molar-refractivity contribution >= 4 is 33.1 Å².